The molecule has 0 spiro atoms. The zero-order chi connectivity index (χ0) is 7.82. The first-order chi connectivity index (χ1) is 4.77. The Kier molecular flexibility index (Phi) is 6.48. The van der Waals surface area contributed by atoms with Crippen LogP contribution < -0.4 is 11.1 Å². The highest BCUT2D eigenvalue weighted by Crippen LogP contribution is 1.98. The molecule has 0 aliphatic heterocycles. The minimum absolute atomic E-state index is 0.429. The third-order valence-corrected chi connectivity index (χ3v) is 1.95. The van der Waals surface area contributed by atoms with Gasteiger partial charge < -0.3 is 11.1 Å². The van der Waals surface area contributed by atoms with Gasteiger partial charge in [-0.15, -0.1) is 0 Å². The zero-order valence-electron chi connectivity index (χ0n) is 6.22. The van der Waals surface area contributed by atoms with Crippen molar-refractivity contribution in [3.63, 3.8) is 0 Å². The SMILES string of the molecule is CCSCCCNC(N)=O. The van der Waals surface area contributed by atoms with E-state index in [9.17, 15) is 4.79 Å². The summed E-state index contributed by atoms with van der Waals surface area (Å²) in [6.45, 7) is 2.81. The van der Waals surface area contributed by atoms with Crippen LogP contribution in [-0.2, 0) is 0 Å². The van der Waals surface area contributed by atoms with Crippen molar-refractivity contribution in [2.24, 2.45) is 5.73 Å². The molecule has 0 radical (unpaired) electrons. The fourth-order valence-electron chi connectivity index (χ4n) is 0.530. The summed E-state index contributed by atoms with van der Waals surface area (Å²) in [6.07, 6.45) is 1.00. The van der Waals surface area contributed by atoms with E-state index in [1.165, 1.54) is 0 Å². The van der Waals surface area contributed by atoms with Gasteiger partial charge >= 0.3 is 6.03 Å². The minimum Gasteiger partial charge on any atom is -0.352 e. The van der Waals surface area contributed by atoms with Crippen molar-refractivity contribution in [3.8, 4) is 0 Å². The summed E-state index contributed by atoms with van der Waals surface area (Å²) < 4.78 is 0. The Balaban J connectivity index is 2.84. The molecule has 0 unspecified atom stereocenters. The molecule has 0 fully saturated rings. The lowest BCUT2D eigenvalue weighted by molar-refractivity contribution is 0.249. The first-order valence-electron chi connectivity index (χ1n) is 3.38. The maximum atomic E-state index is 10.1. The van der Waals surface area contributed by atoms with Crippen molar-refractivity contribution < 1.29 is 4.79 Å². The predicted octanol–water partition coefficient (Wildman–Crippen LogP) is 0.798. The summed E-state index contributed by atoms with van der Waals surface area (Å²) in [5.74, 6) is 2.23. The number of rotatable bonds is 5. The standard InChI is InChI=1S/C6H14N2OS/c1-2-10-5-3-4-8-6(7)9/h2-5H2,1H3,(H3,7,8,9). The molecular weight excluding hydrogens is 148 g/mol. The van der Waals surface area contributed by atoms with Gasteiger partial charge in [-0.05, 0) is 17.9 Å². The van der Waals surface area contributed by atoms with Crippen LogP contribution in [-0.4, -0.2) is 24.1 Å². The number of amides is 2. The molecule has 0 aliphatic rings. The van der Waals surface area contributed by atoms with E-state index in [-0.39, 0.29) is 0 Å². The lowest BCUT2D eigenvalue weighted by atomic mass is 10.5. The molecule has 0 aromatic heterocycles. The average molecular weight is 162 g/mol. The number of nitrogens with two attached hydrogens (primary N) is 1. The lowest BCUT2D eigenvalue weighted by Gasteiger charge is -1.99. The van der Waals surface area contributed by atoms with Gasteiger partial charge in [0.25, 0.3) is 0 Å². The van der Waals surface area contributed by atoms with Crippen molar-refractivity contribution >= 4 is 17.8 Å². The van der Waals surface area contributed by atoms with Crippen LogP contribution in [0.1, 0.15) is 13.3 Å². The van der Waals surface area contributed by atoms with E-state index in [4.69, 9.17) is 5.73 Å². The Morgan fingerprint density at radius 3 is 2.90 bits per heavy atom. The first-order valence-corrected chi connectivity index (χ1v) is 4.54. The van der Waals surface area contributed by atoms with E-state index in [2.05, 4.69) is 12.2 Å². The molecule has 3 N–H and O–H groups in total. The molecule has 0 heterocycles. The Morgan fingerprint density at radius 1 is 1.70 bits per heavy atom. The fraction of sp³-hybridized carbons (Fsp3) is 0.833. The first kappa shape index (κ1) is 9.62. The number of thioether (sulfide) groups is 1. The quantitative estimate of drug-likeness (QED) is 0.587. The largest absolute Gasteiger partial charge is 0.352 e. The molecule has 0 saturated carbocycles. The van der Waals surface area contributed by atoms with E-state index >= 15 is 0 Å². The van der Waals surface area contributed by atoms with Crippen molar-refractivity contribution in [1.82, 2.24) is 5.32 Å². The smallest absolute Gasteiger partial charge is 0.312 e. The van der Waals surface area contributed by atoms with E-state index in [1.807, 2.05) is 11.8 Å². The highest BCUT2D eigenvalue weighted by molar-refractivity contribution is 7.99. The molecule has 0 aromatic rings. The molecule has 60 valence electrons. The highest BCUT2D eigenvalue weighted by atomic mass is 32.2. The van der Waals surface area contributed by atoms with Gasteiger partial charge in [-0.2, -0.15) is 11.8 Å². The molecule has 0 atom stereocenters. The fourth-order valence-corrected chi connectivity index (χ4v) is 1.17. The van der Waals surface area contributed by atoms with E-state index in [1.54, 1.807) is 0 Å². The van der Waals surface area contributed by atoms with E-state index in [0.29, 0.717) is 6.54 Å². The number of primary amides is 1. The zero-order valence-corrected chi connectivity index (χ0v) is 7.04. The monoisotopic (exact) mass is 162 g/mol. The van der Waals surface area contributed by atoms with Gasteiger partial charge in [0.1, 0.15) is 0 Å². The third-order valence-electron chi connectivity index (χ3n) is 0.969. The van der Waals surface area contributed by atoms with Crippen molar-refractivity contribution in [3.05, 3.63) is 0 Å². The number of hydrogen-bond donors (Lipinski definition) is 2. The number of nitrogens with one attached hydrogen (secondary N) is 1. The molecule has 0 bridgehead atoms. The Morgan fingerprint density at radius 2 is 2.40 bits per heavy atom. The highest BCUT2D eigenvalue weighted by Gasteiger charge is 1.89. The summed E-state index contributed by atoms with van der Waals surface area (Å²) in [4.78, 5) is 10.1. The van der Waals surface area contributed by atoms with Crippen molar-refractivity contribution in [2.45, 2.75) is 13.3 Å². The second kappa shape index (κ2) is 6.74. The van der Waals surface area contributed by atoms with Gasteiger partial charge in [0.05, 0.1) is 0 Å². The Bertz CT molecular complexity index is 97.7. The van der Waals surface area contributed by atoms with Gasteiger partial charge in [0, 0.05) is 6.54 Å². The van der Waals surface area contributed by atoms with Crippen molar-refractivity contribution in [1.29, 1.82) is 0 Å². The molecule has 0 aliphatic carbocycles. The molecule has 3 nitrogen and oxygen atoms in total. The van der Waals surface area contributed by atoms with Gasteiger partial charge in [0.15, 0.2) is 0 Å². The lowest BCUT2D eigenvalue weighted by Crippen LogP contribution is -2.30. The second-order valence-corrected chi connectivity index (χ2v) is 3.24. The Labute approximate surface area is 65.7 Å². The van der Waals surface area contributed by atoms with Gasteiger partial charge in [-0.1, -0.05) is 6.92 Å². The van der Waals surface area contributed by atoms with Crippen LogP contribution >= 0.6 is 11.8 Å². The van der Waals surface area contributed by atoms with Gasteiger partial charge in [-0.3, -0.25) is 0 Å². The van der Waals surface area contributed by atoms with Crippen molar-refractivity contribution in [2.75, 3.05) is 18.1 Å². The van der Waals surface area contributed by atoms with Gasteiger partial charge in [-0.25, -0.2) is 4.79 Å². The van der Waals surface area contributed by atoms with E-state index in [0.717, 1.165) is 17.9 Å². The Hall–Kier alpha value is -0.380. The molecule has 0 aromatic carbocycles. The van der Waals surface area contributed by atoms with E-state index < -0.39 is 6.03 Å². The van der Waals surface area contributed by atoms with Crippen LogP contribution in [0.3, 0.4) is 0 Å². The predicted molar refractivity (Wildman–Crippen MR) is 45.2 cm³/mol. The molecule has 10 heavy (non-hydrogen) atoms. The molecule has 0 saturated heterocycles. The normalized spacial score (nSPS) is 9.30. The minimum atomic E-state index is -0.429. The molecular formula is C6H14N2OS. The third kappa shape index (κ3) is 7.62. The summed E-state index contributed by atoms with van der Waals surface area (Å²) in [5, 5.41) is 2.53. The second-order valence-electron chi connectivity index (χ2n) is 1.84. The number of hydrogen-bond acceptors (Lipinski definition) is 2. The summed E-state index contributed by atoms with van der Waals surface area (Å²) in [7, 11) is 0. The summed E-state index contributed by atoms with van der Waals surface area (Å²) >= 11 is 1.87. The number of carbonyl (C=O) groups excluding carboxylic acids is 1. The maximum absolute atomic E-state index is 10.1. The molecule has 2 amide bonds. The van der Waals surface area contributed by atoms with Crippen LogP contribution in [0.15, 0.2) is 0 Å². The number of urea groups is 1. The molecule has 4 heteroatoms. The van der Waals surface area contributed by atoms with Crippen LogP contribution in [0.2, 0.25) is 0 Å². The van der Waals surface area contributed by atoms with Crippen LogP contribution in [0.5, 0.6) is 0 Å². The maximum Gasteiger partial charge on any atom is 0.312 e. The van der Waals surface area contributed by atoms with Crippen LogP contribution in [0.25, 0.3) is 0 Å². The summed E-state index contributed by atoms with van der Waals surface area (Å²) in [6, 6.07) is -0.429. The molecule has 0 rings (SSSR count). The number of carbonyl (C=O) groups is 1. The van der Waals surface area contributed by atoms with Gasteiger partial charge in [0.2, 0.25) is 0 Å². The van der Waals surface area contributed by atoms with Crippen LogP contribution in [0, 0.1) is 0 Å². The topological polar surface area (TPSA) is 55.1 Å². The van der Waals surface area contributed by atoms with Crippen LogP contribution in [0.4, 0.5) is 4.79 Å². The average Bonchev–Trinajstić information content (AvgIpc) is 1.87. The summed E-state index contributed by atoms with van der Waals surface area (Å²) in [5.41, 5.74) is 4.85.